The van der Waals surface area contributed by atoms with Crippen LogP contribution in [0.3, 0.4) is 0 Å². The monoisotopic (exact) mass is 267 g/mol. The second-order valence-corrected chi connectivity index (χ2v) is 4.13. The molecule has 0 heterocycles. The highest BCUT2D eigenvalue weighted by molar-refractivity contribution is 5.91. The average Bonchev–Trinajstić information content (AvgIpc) is 2.52. The van der Waals surface area contributed by atoms with Crippen LogP contribution in [0.5, 0.6) is 0 Å². The van der Waals surface area contributed by atoms with Crippen LogP contribution >= 0.6 is 0 Å². The summed E-state index contributed by atoms with van der Waals surface area (Å²) in [6.45, 7) is 0.338. The first kappa shape index (κ1) is 13.7. The summed E-state index contributed by atoms with van der Waals surface area (Å²) in [6, 6.07) is 16.4. The van der Waals surface area contributed by atoms with E-state index in [0.717, 1.165) is 5.56 Å². The van der Waals surface area contributed by atoms with Gasteiger partial charge in [-0.2, -0.15) is 0 Å². The lowest BCUT2D eigenvalue weighted by Crippen LogP contribution is -2.08. The first-order chi connectivity index (χ1) is 9.81. The number of rotatable bonds is 5. The van der Waals surface area contributed by atoms with Gasteiger partial charge < -0.3 is 4.74 Å². The van der Waals surface area contributed by atoms with E-state index >= 15 is 0 Å². The van der Waals surface area contributed by atoms with E-state index in [1.165, 1.54) is 6.08 Å². The summed E-state index contributed by atoms with van der Waals surface area (Å²) < 4.78 is 5.26. The maximum Gasteiger partial charge on any atom is 0.338 e. The van der Waals surface area contributed by atoms with Crippen molar-refractivity contribution >= 4 is 12.0 Å². The van der Waals surface area contributed by atoms with Crippen molar-refractivity contribution < 1.29 is 14.3 Å². The van der Waals surface area contributed by atoms with E-state index < -0.39 is 5.97 Å². The minimum absolute atomic E-state index is 0.125. The molecule has 0 aliphatic heterocycles. The zero-order valence-corrected chi connectivity index (χ0v) is 10.8. The molecule has 0 bridgehead atoms. The van der Waals surface area contributed by atoms with Crippen molar-refractivity contribution in [3.05, 3.63) is 71.3 Å². The van der Waals surface area contributed by atoms with E-state index in [1.807, 2.05) is 30.3 Å². The molecule has 0 saturated carbocycles. The molecule has 4 nitrogen and oxygen atoms in total. The van der Waals surface area contributed by atoms with Gasteiger partial charge in [0, 0.05) is 0 Å². The molecule has 0 radical (unpaired) electrons. The van der Waals surface area contributed by atoms with Crippen molar-refractivity contribution in [3.8, 4) is 0 Å². The standard InChI is InChI=1S/C16H13NO3/c18-12-17-10-14-8-4-5-9-15(14)16(19)20-11-13-6-2-1-3-7-13/h1-9H,10-11H2. The lowest BCUT2D eigenvalue weighted by molar-refractivity contribution is 0.0471. The van der Waals surface area contributed by atoms with Crippen LogP contribution in [-0.2, 0) is 22.7 Å². The van der Waals surface area contributed by atoms with E-state index in [-0.39, 0.29) is 13.2 Å². The Morgan fingerprint density at radius 3 is 2.50 bits per heavy atom. The molecule has 20 heavy (non-hydrogen) atoms. The Balaban J connectivity index is 2.07. The second kappa shape index (κ2) is 7.02. The number of isocyanates is 1. The minimum Gasteiger partial charge on any atom is -0.457 e. The Hall–Kier alpha value is -2.71. The lowest BCUT2D eigenvalue weighted by Gasteiger charge is -2.07. The van der Waals surface area contributed by atoms with Gasteiger partial charge in [0.2, 0.25) is 6.08 Å². The number of hydrogen-bond acceptors (Lipinski definition) is 4. The summed E-state index contributed by atoms with van der Waals surface area (Å²) >= 11 is 0. The number of ether oxygens (including phenoxy) is 1. The maximum atomic E-state index is 12.0. The smallest absolute Gasteiger partial charge is 0.338 e. The number of nitrogens with zero attached hydrogens (tertiary/aromatic N) is 1. The van der Waals surface area contributed by atoms with Crippen LogP contribution in [-0.4, -0.2) is 12.0 Å². The van der Waals surface area contributed by atoms with Crippen molar-refractivity contribution in [2.24, 2.45) is 4.99 Å². The highest BCUT2D eigenvalue weighted by Crippen LogP contribution is 2.12. The molecule has 2 aromatic carbocycles. The zero-order valence-electron chi connectivity index (χ0n) is 10.8. The highest BCUT2D eigenvalue weighted by Gasteiger charge is 2.11. The van der Waals surface area contributed by atoms with Gasteiger partial charge in [0.05, 0.1) is 12.1 Å². The molecule has 0 saturated heterocycles. The maximum absolute atomic E-state index is 12.0. The van der Waals surface area contributed by atoms with Crippen LogP contribution in [0, 0.1) is 0 Å². The Morgan fingerprint density at radius 1 is 1.05 bits per heavy atom. The van der Waals surface area contributed by atoms with Crippen molar-refractivity contribution in [1.29, 1.82) is 0 Å². The number of esters is 1. The van der Waals surface area contributed by atoms with Gasteiger partial charge in [-0.05, 0) is 17.2 Å². The molecular formula is C16H13NO3. The molecule has 0 fully saturated rings. The third kappa shape index (κ3) is 3.64. The first-order valence-corrected chi connectivity index (χ1v) is 6.14. The largest absolute Gasteiger partial charge is 0.457 e. The van der Waals surface area contributed by atoms with Gasteiger partial charge >= 0.3 is 5.97 Å². The van der Waals surface area contributed by atoms with Gasteiger partial charge in [0.1, 0.15) is 6.61 Å². The quantitative estimate of drug-likeness (QED) is 0.475. The van der Waals surface area contributed by atoms with Crippen LogP contribution in [0.2, 0.25) is 0 Å². The summed E-state index contributed by atoms with van der Waals surface area (Å²) in [5.41, 5.74) is 1.99. The van der Waals surface area contributed by atoms with E-state index in [9.17, 15) is 9.59 Å². The number of hydrogen-bond donors (Lipinski definition) is 0. The summed E-state index contributed by atoms with van der Waals surface area (Å²) in [7, 11) is 0. The molecule has 0 unspecified atom stereocenters. The molecule has 2 rings (SSSR count). The van der Waals surface area contributed by atoms with E-state index in [0.29, 0.717) is 11.1 Å². The lowest BCUT2D eigenvalue weighted by atomic mass is 10.1. The van der Waals surface area contributed by atoms with Crippen LogP contribution in [0.1, 0.15) is 21.5 Å². The average molecular weight is 267 g/mol. The van der Waals surface area contributed by atoms with Crippen LogP contribution < -0.4 is 0 Å². The number of carbonyl (C=O) groups excluding carboxylic acids is 2. The molecule has 0 atom stereocenters. The van der Waals surface area contributed by atoms with Gasteiger partial charge in [-0.15, -0.1) is 0 Å². The van der Waals surface area contributed by atoms with Crippen LogP contribution in [0.4, 0.5) is 0 Å². The van der Waals surface area contributed by atoms with Crippen LogP contribution in [0.25, 0.3) is 0 Å². The Labute approximate surface area is 116 Å². The molecule has 2 aromatic rings. The van der Waals surface area contributed by atoms with E-state index in [2.05, 4.69) is 4.99 Å². The van der Waals surface area contributed by atoms with Crippen molar-refractivity contribution in [2.45, 2.75) is 13.2 Å². The Bertz CT molecular complexity index is 631. The molecule has 0 amide bonds. The zero-order chi connectivity index (χ0) is 14.2. The molecule has 100 valence electrons. The van der Waals surface area contributed by atoms with Gasteiger partial charge in [0.15, 0.2) is 0 Å². The Kier molecular flexibility index (Phi) is 4.81. The SMILES string of the molecule is O=C=NCc1ccccc1C(=O)OCc1ccccc1. The molecule has 0 spiro atoms. The number of aliphatic imine (C=N–C) groups is 1. The van der Waals surface area contributed by atoms with Crippen molar-refractivity contribution in [3.63, 3.8) is 0 Å². The summed E-state index contributed by atoms with van der Waals surface area (Å²) in [4.78, 5) is 25.7. The van der Waals surface area contributed by atoms with Gasteiger partial charge in [0.25, 0.3) is 0 Å². The van der Waals surface area contributed by atoms with Crippen molar-refractivity contribution in [1.82, 2.24) is 0 Å². The Morgan fingerprint density at radius 2 is 1.75 bits per heavy atom. The molecular weight excluding hydrogens is 254 g/mol. The van der Waals surface area contributed by atoms with E-state index in [1.54, 1.807) is 24.3 Å². The van der Waals surface area contributed by atoms with Gasteiger partial charge in [-0.25, -0.2) is 14.6 Å². The summed E-state index contributed by atoms with van der Waals surface area (Å²) in [5, 5.41) is 0. The fraction of sp³-hybridized carbons (Fsp3) is 0.125. The predicted octanol–water partition coefficient (Wildman–Crippen LogP) is 2.88. The second-order valence-electron chi connectivity index (χ2n) is 4.13. The normalized spacial score (nSPS) is 9.60. The van der Waals surface area contributed by atoms with Crippen molar-refractivity contribution in [2.75, 3.05) is 0 Å². The molecule has 4 heteroatoms. The predicted molar refractivity (Wildman–Crippen MR) is 73.8 cm³/mol. The van der Waals surface area contributed by atoms with Gasteiger partial charge in [-0.1, -0.05) is 48.5 Å². The van der Waals surface area contributed by atoms with E-state index in [4.69, 9.17) is 4.74 Å². The van der Waals surface area contributed by atoms with Crippen LogP contribution in [0.15, 0.2) is 59.6 Å². The van der Waals surface area contributed by atoms with Gasteiger partial charge in [-0.3, -0.25) is 0 Å². The third-order valence-corrected chi connectivity index (χ3v) is 2.76. The minimum atomic E-state index is -0.425. The molecule has 0 N–H and O–H groups in total. The molecule has 0 aliphatic carbocycles. The fourth-order valence-electron chi connectivity index (χ4n) is 1.78. The fourth-order valence-corrected chi connectivity index (χ4v) is 1.78. The third-order valence-electron chi connectivity index (χ3n) is 2.76. The highest BCUT2D eigenvalue weighted by atomic mass is 16.5. The molecule has 0 aromatic heterocycles. The summed E-state index contributed by atoms with van der Waals surface area (Å²) in [6.07, 6.45) is 1.46. The molecule has 0 aliphatic rings. The number of benzene rings is 2. The number of carbonyl (C=O) groups is 1. The topological polar surface area (TPSA) is 55.7 Å². The first-order valence-electron chi connectivity index (χ1n) is 6.14. The summed E-state index contributed by atoms with van der Waals surface area (Å²) in [5.74, 6) is -0.425.